The molecule has 5 rings (SSSR count). The van der Waals surface area contributed by atoms with Gasteiger partial charge in [-0.25, -0.2) is 4.98 Å². The van der Waals surface area contributed by atoms with Gasteiger partial charge in [-0.2, -0.15) is 0 Å². The molecule has 5 heteroatoms. The molecule has 1 saturated heterocycles. The van der Waals surface area contributed by atoms with Gasteiger partial charge in [-0.05, 0) is 81.9 Å². The van der Waals surface area contributed by atoms with Gasteiger partial charge < -0.3 is 9.30 Å². The Morgan fingerprint density at radius 2 is 2.00 bits per heavy atom. The van der Waals surface area contributed by atoms with Gasteiger partial charge in [0.15, 0.2) is 0 Å². The van der Waals surface area contributed by atoms with Gasteiger partial charge in [-0.1, -0.05) is 12.1 Å². The molecular formula is C24H31N5. The summed E-state index contributed by atoms with van der Waals surface area (Å²) in [6, 6.07) is 11.0. The number of imidazole rings is 1. The van der Waals surface area contributed by atoms with Gasteiger partial charge in [0, 0.05) is 31.7 Å². The van der Waals surface area contributed by atoms with Crippen molar-refractivity contribution in [3.63, 3.8) is 0 Å². The molecule has 3 aromatic rings. The van der Waals surface area contributed by atoms with Gasteiger partial charge in [-0.3, -0.25) is 9.88 Å². The second kappa shape index (κ2) is 8.25. The zero-order valence-electron chi connectivity index (χ0n) is 17.4. The van der Waals surface area contributed by atoms with Crippen LogP contribution in [-0.2, 0) is 13.0 Å². The summed E-state index contributed by atoms with van der Waals surface area (Å²) in [6.07, 6.45) is 12.4. The van der Waals surface area contributed by atoms with Crippen LogP contribution in [0.25, 0.3) is 5.65 Å². The predicted octanol–water partition coefficient (Wildman–Crippen LogP) is 3.95. The van der Waals surface area contributed by atoms with Crippen molar-refractivity contribution < 1.29 is 0 Å². The fourth-order valence-corrected chi connectivity index (χ4v) is 5.09. The minimum atomic E-state index is 0.407. The zero-order valence-corrected chi connectivity index (χ0v) is 17.4. The van der Waals surface area contributed by atoms with E-state index in [0.717, 1.165) is 36.8 Å². The van der Waals surface area contributed by atoms with Crippen LogP contribution in [0, 0.1) is 5.92 Å². The molecule has 2 aliphatic rings. The molecule has 0 amide bonds. The molecule has 29 heavy (non-hydrogen) atoms. The van der Waals surface area contributed by atoms with E-state index in [1.54, 1.807) is 0 Å². The topological polar surface area (TPSA) is 36.7 Å². The molecule has 1 aliphatic carbocycles. The van der Waals surface area contributed by atoms with Crippen LogP contribution in [-0.4, -0.2) is 50.9 Å². The molecule has 1 aliphatic heterocycles. The highest BCUT2D eigenvalue weighted by molar-refractivity contribution is 5.39. The normalized spacial score (nSPS) is 21.0. The summed E-state index contributed by atoms with van der Waals surface area (Å²) >= 11 is 0. The number of aryl methyl sites for hydroxylation is 1. The van der Waals surface area contributed by atoms with Crippen molar-refractivity contribution in [1.29, 1.82) is 0 Å². The molecule has 1 fully saturated rings. The SMILES string of the molecule is CN1CCC(CN(Cc2cn3ccccc3n2)C2CCCc3cccnc32)CC1. The lowest BCUT2D eigenvalue weighted by atomic mass is 9.89. The summed E-state index contributed by atoms with van der Waals surface area (Å²) in [7, 11) is 2.24. The second-order valence-electron chi connectivity index (χ2n) is 8.83. The van der Waals surface area contributed by atoms with E-state index < -0.39 is 0 Å². The molecule has 1 unspecified atom stereocenters. The van der Waals surface area contributed by atoms with Gasteiger partial charge in [-0.15, -0.1) is 0 Å². The van der Waals surface area contributed by atoms with Gasteiger partial charge in [0.1, 0.15) is 5.65 Å². The lowest BCUT2D eigenvalue weighted by molar-refractivity contribution is 0.108. The van der Waals surface area contributed by atoms with Crippen LogP contribution in [0.3, 0.4) is 0 Å². The van der Waals surface area contributed by atoms with Gasteiger partial charge in [0.05, 0.1) is 17.4 Å². The predicted molar refractivity (Wildman–Crippen MR) is 116 cm³/mol. The molecule has 5 nitrogen and oxygen atoms in total. The summed E-state index contributed by atoms with van der Waals surface area (Å²) in [5.41, 5.74) is 4.93. The van der Waals surface area contributed by atoms with E-state index in [1.165, 1.54) is 50.0 Å². The number of piperidine rings is 1. The number of fused-ring (bicyclic) bond motifs is 2. The van der Waals surface area contributed by atoms with Crippen molar-refractivity contribution in [3.05, 3.63) is 65.9 Å². The third kappa shape index (κ3) is 4.07. The lowest BCUT2D eigenvalue weighted by Crippen LogP contribution is -2.39. The Hall–Kier alpha value is -2.24. The Balaban J connectivity index is 1.43. The van der Waals surface area contributed by atoms with Crippen molar-refractivity contribution in [3.8, 4) is 0 Å². The molecule has 3 aromatic heterocycles. The van der Waals surface area contributed by atoms with E-state index in [1.807, 2.05) is 6.20 Å². The van der Waals surface area contributed by atoms with Crippen molar-refractivity contribution in [2.75, 3.05) is 26.7 Å². The average Bonchev–Trinajstić information content (AvgIpc) is 3.17. The monoisotopic (exact) mass is 389 g/mol. The van der Waals surface area contributed by atoms with E-state index in [0.29, 0.717) is 6.04 Å². The van der Waals surface area contributed by atoms with E-state index in [2.05, 4.69) is 64.0 Å². The fraction of sp³-hybridized carbons (Fsp3) is 0.500. The Labute approximate surface area is 173 Å². The molecule has 0 bridgehead atoms. The van der Waals surface area contributed by atoms with Crippen LogP contribution in [0.2, 0.25) is 0 Å². The highest BCUT2D eigenvalue weighted by atomic mass is 15.2. The van der Waals surface area contributed by atoms with Crippen molar-refractivity contribution >= 4 is 5.65 Å². The third-order valence-electron chi connectivity index (χ3n) is 6.72. The zero-order chi connectivity index (χ0) is 19.6. The average molecular weight is 390 g/mol. The molecule has 0 aromatic carbocycles. The molecule has 1 atom stereocenters. The number of aromatic nitrogens is 3. The molecule has 4 heterocycles. The maximum atomic E-state index is 4.90. The highest BCUT2D eigenvalue weighted by Crippen LogP contribution is 2.35. The smallest absolute Gasteiger partial charge is 0.137 e. The summed E-state index contributed by atoms with van der Waals surface area (Å²) in [4.78, 5) is 14.9. The molecule has 0 radical (unpaired) electrons. The molecule has 152 valence electrons. The third-order valence-corrected chi connectivity index (χ3v) is 6.72. The Morgan fingerprint density at radius 3 is 2.86 bits per heavy atom. The number of nitrogens with zero attached hydrogens (tertiary/aromatic N) is 5. The summed E-state index contributed by atoms with van der Waals surface area (Å²) in [5.74, 6) is 0.761. The molecule has 0 spiro atoms. The largest absolute Gasteiger partial charge is 0.307 e. The fourth-order valence-electron chi connectivity index (χ4n) is 5.09. The first-order valence-electron chi connectivity index (χ1n) is 11.1. The van der Waals surface area contributed by atoms with Gasteiger partial charge in [0.25, 0.3) is 0 Å². The van der Waals surface area contributed by atoms with Crippen molar-refractivity contribution in [2.24, 2.45) is 5.92 Å². The van der Waals surface area contributed by atoms with Crippen molar-refractivity contribution in [2.45, 2.75) is 44.7 Å². The molecule has 0 saturated carbocycles. The highest BCUT2D eigenvalue weighted by Gasteiger charge is 2.30. The number of likely N-dealkylation sites (tertiary alicyclic amines) is 1. The number of pyridine rings is 2. The first-order valence-corrected chi connectivity index (χ1v) is 11.1. The summed E-state index contributed by atoms with van der Waals surface area (Å²) in [6.45, 7) is 4.47. The van der Waals surface area contributed by atoms with E-state index in [-0.39, 0.29) is 0 Å². The van der Waals surface area contributed by atoms with Gasteiger partial charge >= 0.3 is 0 Å². The van der Waals surface area contributed by atoms with Crippen LogP contribution in [0.15, 0.2) is 48.9 Å². The van der Waals surface area contributed by atoms with Crippen LogP contribution in [0.1, 0.15) is 48.7 Å². The van der Waals surface area contributed by atoms with E-state index in [9.17, 15) is 0 Å². The lowest BCUT2D eigenvalue weighted by Gasteiger charge is -2.38. The summed E-state index contributed by atoms with van der Waals surface area (Å²) < 4.78 is 2.14. The minimum absolute atomic E-state index is 0.407. The van der Waals surface area contributed by atoms with Crippen LogP contribution in [0.4, 0.5) is 0 Å². The van der Waals surface area contributed by atoms with Crippen molar-refractivity contribution in [1.82, 2.24) is 24.2 Å². The minimum Gasteiger partial charge on any atom is -0.307 e. The molecule has 0 N–H and O–H groups in total. The van der Waals surface area contributed by atoms with Gasteiger partial charge in [0.2, 0.25) is 0 Å². The Bertz CT molecular complexity index is 924. The quantitative estimate of drug-likeness (QED) is 0.662. The standard InChI is InChI=1S/C24H31N5/c1-27-14-10-19(11-15-27)16-29(18-21-17-28-13-3-2-9-23(28)26-21)22-8-4-6-20-7-5-12-25-24(20)22/h2-3,5,7,9,12-13,17,19,22H,4,6,8,10-11,14-16,18H2,1H3. The first-order chi connectivity index (χ1) is 14.3. The second-order valence-corrected chi connectivity index (χ2v) is 8.83. The van der Waals surface area contributed by atoms with Crippen LogP contribution >= 0.6 is 0 Å². The van der Waals surface area contributed by atoms with E-state index >= 15 is 0 Å². The first kappa shape index (κ1) is 18.8. The number of rotatable bonds is 5. The maximum Gasteiger partial charge on any atom is 0.137 e. The van der Waals surface area contributed by atoms with Crippen LogP contribution in [0.5, 0.6) is 0 Å². The van der Waals surface area contributed by atoms with Crippen LogP contribution < -0.4 is 0 Å². The Morgan fingerprint density at radius 1 is 1.10 bits per heavy atom. The number of hydrogen-bond acceptors (Lipinski definition) is 4. The Kier molecular flexibility index (Phi) is 5.34. The molecular weight excluding hydrogens is 358 g/mol. The van der Waals surface area contributed by atoms with E-state index in [4.69, 9.17) is 9.97 Å². The number of hydrogen-bond donors (Lipinski definition) is 0. The summed E-state index contributed by atoms with van der Waals surface area (Å²) in [5, 5.41) is 0. The maximum absolute atomic E-state index is 4.90.